The lowest BCUT2D eigenvalue weighted by molar-refractivity contribution is -0.135. The molecule has 5 heteroatoms. The van der Waals surface area contributed by atoms with Gasteiger partial charge in [-0.1, -0.05) is 18.2 Å². The molecule has 1 aromatic heterocycles. The Balaban J connectivity index is 1.39. The van der Waals surface area contributed by atoms with Gasteiger partial charge in [0.25, 0.3) is 5.91 Å². The highest BCUT2D eigenvalue weighted by atomic mass is 32.1. The molecule has 0 aliphatic carbocycles. The zero-order valence-electron chi connectivity index (χ0n) is 13.7. The minimum atomic E-state index is 0.106. The Morgan fingerprint density at radius 1 is 0.958 bits per heavy atom. The van der Waals surface area contributed by atoms with Crippen LogP contribution < -0.4 is 0 Å². The molecule has 0 N–H and O–H groups in total. The largest absolute Gasteiger partial charge is 0.342 e. The number of rotatable bonds is 2. The molecule has 3 heterocycles. The Labute approximate surface area is 146 Å². The molecule has 0 bridgehead atoms. The van der Waals surface area contributed by atoms with E-state index < -0.39 is 0 Å². The first-order valence-corrected chi connectivity index (χ1v) is 9.60. The molecule has 0 atom stereocenters. The summed E-state index contributed by atoms with van der Waals surface area (Å²) < 4.78 is 1.15. The van der Waals surface area contributed by atoms with Crippen molar-refractivity contribution in [2.24, 2.45) is 5.92 Å². The number of thiophene rings is 1. The van der Waals surface area contributed by atoms with Crippen LogP contribution in [0.4, 0.5) is 0 Å². The average molecular weight is 342 g/mol. The smallest absolute Gasteiger partial charge is 0.263 e. The quantitative estimate of drug-likeness (QED) is 0.839. The average Bonchev–Trinajstić information content (AvgIpc) is 3.30. The monoisotopic (exact) mass is 342 g/mol. The molecule has 4 nitrogen and oxygen atoms in total. The van der Waals surface area contributed by atoms with Crippen molar-refractivity contribution in [3.63, 3.8) is 0 Å². The first kappa shape index (κ1) is 15.6. The molecule has 4 rings (SSSR count). The van der Waals surface area contributed by atoms with Crippen LogP contribution in [0.1, 0.15) is 35.4 Å². The summed E-state index contributed by atoms with van der Waals surface area (Å²) in [7, 11) is 0. The summed E-state index contributed by atoms with van der Waals surface area (Å²) in [6.45, 7) is 3.22. The third-order valence-electron chi connectivity index (χ3n) is 5.19. The summed E-state index contributed by atoms with van der Waals surface area (Å²) in [5.41, 5.74) is 0. The SMILES string of the molecule is O=C(c1cc2ccccc2s1)N1CCC(C(=O)N2CCCC2)CC1. The summed E-state index contributed by atoms with van der Waals surface area (Å²) in [6, 6.07) is 10.1. The van der Waals surface area contributed by atoms with E-state index in [-0.39, 0.29) is 11.8 Å². The van der Waals surface area contributed by atoms with Gasteiger partial charge in [0, 0.05) is 36.8 Å². The van der Waals surface area contributed by atoms with E-state index in [4.69, 9.17) is 0 Å². The van der Waals surface area contributed by atoms with Gasteiger partial charge in [-0.3, -0.25) is 9.59 Å². The second kappa shape index (κ2) is 6.55. The van der Waals surface area contributed by atoms with Gasteiger partial charge >= 0.3 is 0 Å². The normalized spacial score (nSPS) is 19.2. The van der Waals surface area contributed by atoms with Crippen LogP contribution in [0.15, 0.2) is 30.3 Å². The van der Waals surface area contributed by atoms with Crippen LogP contribution in [0.5, 0.6) is 0 Å². The number of hydrogen-bond acceptors (Lipinski definition) is 3. The first-order valence-electron chi connectivity index (χ1n) is 8.79. The van der Waals surface area contributed by atoms with Gasteiger partial charge in [-0.25, -0.2) is 0 Å². The number of likely N-dealkylation sites (tertiary alicyclic amines) is 2. The highest BCUT2D eigenvalue weighted by molar-refractivity contribution is 7.20. The Morgan fingerprint density at radius 3 is 2.38 bits per heavy atom. The van der Waals surface area contributed by atoms with Crippen molar-refractivity contribution in [3.8, 4) is 0 Å². The number of amides is 2. The molecule has 126 valence electrons. The van der Waals surface area contributed by atoms with Crippen molar-refractivity contribution in [2.75, 3.05) is 26.2 Å². The fraction of sp³-hybridized carbons (Fsp3) is 0.474. The lowest BCUT2D eigenvalue weighted by atomic mass is 9.95. The molecular formula is C19H22N2O2S. The van der Waals surface area contributed by atoms with E-state index in [0.29, 0.717) is 19.0 Å². The number of piperidine rings is 1. The van der Waals surface area contributed by atoms with Crippen LogP contribution >= 0.6 is 11.3 Å². The number of hydrogen-bond donors (Lipinski definition) is 0. The second-order valence-electron chi connectivity index (χ2n) is 6.75. The lowest BCUT2D eigenvalue weighted by Gasteiger charge is -2.33. The van der Waals surface area contributed by atoms with Gasteiger partial charge < -0.3 is 9.80 Å². The molecule has 2 fully saturated rings. The van der Waals surface area contributed by atoms with Crippen molar-refractivity contribution in [3.05, 3.63) is 35.2 Å². The van der Waals surface area contributed by atoms with Gasteiger partial charge in [-0.2, -0.15) is 0 Å². The topological polar surface area (TPSA) is 40.6 Å². The summed E-state index contributed by atoms with van der Waals surface area (Å²) in [5.74, 6) is 0.527. The second-order valence-corrected chi connectivity index (χ2v) is 7.83. The fourth-order valence-corrected chi connectivity index (χ4v) is 4.80. The van der Waals surface area contributed by atoms with Gasteiger partial charge in [-0.05, 0) is 43.2 Å². The summed E-state index contributed by atoms with van der Waals surface area (Å²) >= 11 is 1.56. The minimum absolute atomic E-state index is 0.106. The van der Waals surface area contributed by atoms with E-state index in [1.165, 1.54) is 0 Å². The molecule has 2 aromatic rings. The number of nitrogens with zero attached hydrogens (tertiary/aromatic N) is 2. The van der Waals surface area contributed by atoms with Crippen LogP contribution in [0, 0.1) is 5.92 Å². The van der Waals surface area contributed by atoms with Crippen LogP contribution in [0.25, 0.3) is 10.1 Å². The van der Waals surface area contributed by atoms with Gasteiger partial charge in [0.1, 0.15) is 0 Å². The molecule has 0 saturated carbocycles. The zero-order valence-corrected chi connectivity index (χ0v) is 14.6. The minimum Gasteiger partial charge on any atom is -0.342 e. The molecule has 2 aliphatic heterocycles. The maximum Gasteiger partial charge on any atom is 0.263 e. The molecule has 0 radical (unpaired) electrons. The summed E-state index contributed by atoms with van der Waals surface area (Å²) in [6.07, 6.45) is 3.86. The van der Waals surface area contributed by atoms with E-state index in [1.807, 2.05) is 34.1 Å². The van der Waals surface area contributed by atoms with Crippen molar-refractivity contribution < 1.29 is 9.59 Å². The van der Waals surface area contributed by atoms with Crippen LogP contribution in [-0.4, -0.2) is 47.8 Å². The molecule has 2 saturated heterocycles. The molecule has 2 amide bonds. The van der Waals surface area contributed by atoms with E-state index in [1.54, 1.807) is 11.3 Å². The predicted octanol–water partition coefficient (Wildman–Crippen LogP) is 3.38. The number of benzene rings is 1. The van der Waals surface area contributed by atoms with E-state index in [2.05, 4.69) is 6.07 Å². The number of fused-ring (bicyclic) bond motifs is 1. The highest BCUT2D eigenvalue weighted by Crippen LogP contribution is 2.28. The Kier molecular flexibility index (Phi) is 4.27. The van der Waals surface area contributed by atoms with Crippen LogP contribution in [-0.2, 0) is 4.79 Å². The standard InChI is InChI=1S/C19H22N2O2S/c22-18(20-9-3-4-10-20)14-7-11-21(12-8-14)19(23)17-13-15-5-1-2-6-16(15)24-17/h1-2,5-6,13-14H,3-4,7-12H2. The van der Waals surface area contributed by atoms with Crippen molar-refractivity contribution in [1.29, 1.82) is 0 Å². The molecule has 0 spiro atoms. The van der Waals surface area contributed by atoms with E-state index >= 15 is 0 Å². The Hall–Kier alpha value is -1.88. The van der Waals surface area contributed by atoms with Gasteiger partial charge in [-0.15, -0.1) is 11.3 Å². The molecule has 1 aromatic carbocycles. The van der Waals surface area contributed by atoms with Gasteiger partial charge in [0.05, 0.1) is 4.88 Å². The maximum absolute atomic E-state index is 12.7. The molecular weight excluding hydrogens is 320 g/mol. The lowest BCUT2D eigenvalue weighted by Crippen LogP contribution is -2.43. The molecule has 2 aliphatic rings. The van der Waals surface area contributed by atoms with Gasteiger partial charge in [0.15, 0.2) is 0 Å². The maximum atomic E-state index is 12.7. The van der Waals surface area contributed by atoms with Crippen molar-refractivity contribution in [1.82, 2.24) is 9.80 Å². The van der Waals surface area contributed by atoms with E-state index in [9.17, 15) is 9.59 Å². The summed E-state index contributed by atoms with van der Waals surface area (Å²) in [4.78, 5) is 30.0. The third-order valence-corrected chi connectivity index (χ3v) is 6.29. The summed E-state index contributed by atoms with van der Waals surface area (Å²) in [5, 5.41) is 1.13. The number of carbonyl (C=O) groups excluding carboxylic acids is 2. The zero-order chi connectivity index (χ0) is 16.5. The number of carbonyl (C=O) groups is 2. The fourth-order valence-electron chi connectivity index (χ4n) is 3.77. The molecule has 24 heavy (non-hydrogen) atoms. The van der Waals surface area contributed by atoms with Crippen LogP contribution in [0.2, 0.25) is 0 Å². The third kappa shape index (κ3) is 2.93. The van der Waals surface area contributed by atoms with Crippen molar-refractivity contribution >= 4 is 33.2 Å². The Morgan fingerprint density at radius 2 is 1.67 bits per heavy atom. The Bertz CT molecular complexity index is 723. The highest BCUT2D eigenvalue weighted by Gasteiger charge is 2.31. The van der Waals surface area contributed by atoms with Crippen LogP contribution in [0.3, 0.4) is 0 Å². The first-order chi connectivity index (χ1) is 11.7. The predicted molar refractivity (Wildman–Crippen MR) is 96.3 cm³/mol. The van der Waals surface area contributed by atoms with Gasteiger partial charge in [0.2, 0.25) is 5.91 Å². The van der Waals surface area contributed by atoms with Crippen molar-refractivity contribution in [2.45, 2.75) is 25.7 Å². The molecule has 0 unspecified atom stereocenters. The van der Waals surface area contributed by atoms with E-state index in [0.717, 1.165) is 53.7 Å².